The molecule has 1 fully saturated rings. The second-order valence-electron chi connectivity index (χ2n) is 5.76. The number of nitrogens with zero attached hydrogens (tertiary/aromatic N) is 2. The Labute approximate surface area is 126 Å². The van der Waals surface area contributed by atoms with E-state index in [1.54, 1.807) is 0 Å². The number of carbonyl (C=O) groups excluding carboxylic acids is 1. The van der Waals surface area contributed by atoms with Gasteiger partial charge in [0.2, 0.25) is 5.91 Å². The number of primary amides is 1. The molecule has 5 nitrogen and oxygen atoms in total. The molecule has 1 atom stereocenters. The number of amides is 1. The number of nitrogens with two attached hydrogens (primary N) is 1. The number of carbonyl (C=O) groups is 1. The fourth-order valence-corrected chi connectivity index (χ4v) is 2.83. The molecule has 21 heavy (non-hydrogen) atoms. The first-order chi connectivity index (χ1) is 10.1. The highest BCUT2D eigenvalue weighted by molar-refractivity contribution is 5.79. The first-order valence-corrected chi connectivity index (χ1v) is 7.76. The van der Waals surface area contributed by atoms with Gasteiger partial charge in [-0.3, -0.25) is 9.69 Å². The lowest BCUT2D eigenvalue weighted by molar-refractivity contribution is -0.123. The fourth-order valence-electron chi connectivity index (χ4n) is 2.83. The minimum atomic E-state index is -0.192. The van der Waals surface area contributed by atoms with E-state index < -0.39 is 0 Å². The van der Waals surface area contributed by atoms with Gasteiger partial charge < -0.3 is 10.3 Å². The molecule has 0 aliphatic carbocycles. The SMILES string of the molecule is CCCCC(C(N)=O)N1CCC(=Cc2cc(C)on2)CC1. The van der Waals surface area contributed by atoms with E-state index in [2.05, 4.69) is 23.1 Å². The smallest absolute Gasteiger partial charge is 0.234 e. The topological polar surface area (TPSA) is 72.4 Å². The van der Waals surface area contributed by atoms with Gasteiger partial charge in [0.15, 0.2) is 0 Å². The zero-order chi connectivity index (χ0) is 15.2. The Hall–Kier alpha value is -1.62. The van der Waals surface area contributed by atoms with Crippen LogP contribution < -0.4 is 5.73 Å². The maximum Gasteiger partial charge on any atom is 0.234 e. The molecule has 0 radical (unpaired) electrons. The van der Waals surface area contributed by atoms with Crippen molar-refractivity contribution in [2.45, 2.75) is 52.0 Å². The Morgan fingerprint density at radius 1 is 1.52 bits per heavy atom. The molecule has 1 unspecified atom stereocenters. The molecule has 0 aromatic carbocycles. The number of aromatic nitrogens is 1. The number of hydrogen-bond acceptors (Lipinski definition) is 4. The van der Waals surface area contributed by atoms with Gasteiger partial charge in [-0.2, -0.15) is 0 Å². The highest BCUT2D eigenvalue weighted by Gasteiger charge is 2.25. The number of piperidine rings is 1. The summed E-state index contributed by atoms with van der Waals surface area (Å²) in [4.78, 5) is 13.8. The molecule has 116 valence electrons. The van der Waals surface area contributed by atoms with Crippen LogP contribution in [0.15, 0.2) is 16.2 Å². The monoisotopic (exact) mass is 291 g/mol. The molecule has 1 saturated heterocycles. The Morgan fingerprint density at radius 3 is 2.76 bits per heavy atom. The lowest BCUT2D eigenvalue weighted by Crippen LogP contribution is -2.47. The molecule has 0 spiro atoms. The molecular formula is C16H25N3O2. The molecule has 0 bridgehead atoms. The highest BCUT2D eigenvalue weighted by Crippen LogP contribution is 2.22. The van der Waals surface area contributed by atoms with Crippen LogP contribution in [0.4, 0.5) is 0 Å². The minimum Gasteiger partial charge on any atom is -0.368 e. The first-order valence-electron chi connectivity index (χ1n) is 7.76. The number of unbranched alkanes of at least 4 members (excludes halogenated alkanes) is 1. The van der Waals surface area contributed by atoms with E-state index in [1.165, 1.54) is 5.57 Å². The van der Waals surface area contributed by atoms with Gasteiger partial charge in [-0.05, 0) is 32.3 Å². The largest absolute Gasteiger partial charge is 0.368 e. The predicted octanol–water partition coefficient (Wildman–Crippen LogP) is 2.51. The zero-order valence-electron chi connectivity index (χ0n) is 13.0. The van der Waals surface area contributed by atoms with Gasteiger partial charge in [0.1, 0.15) is 11.5 Å². The van der Waals surface area contributed by atoms with E-state index >= 15 is 0 Å². The average Bonchev–Trinajstić information content (AvgIpc) is 2.86. The van der Waals surface area contributed by atoms with Gasteiger partial charge >= 0.3 is 0 Å². The summed E-state index contributed by atoms with van der Waals surface area (Å²) in [5, 5.41) is 3.99. The number of rotatable bonds is 6. The lowest BCUT2D eigenvalue weighted by Gasteiger charge is -2.33. The van der Waals surface area contributed by atoms with Crippen molar-refractivity contribution in [1.29, 1.82) is 0 Å². The zero-order valence-corrected chi connectivity index (χ0v) is 13.0. The highest BCUT2D eigenvalue weighted by atomic mass is 16.5. The maximum absolute atomic E-state index is 11.6. The van der Waals surface area contributed by atoms with Crippen LogP contribution in [-0.2, 0) is 4.79 Å². The second-order valence-corrected chi connectivity index (χ2v) is 5.76. The van der Waals surface area contributed by atoms with Crippen molar-refractivity contribution in [2.75, 3.05) is 13.1 Å². The van der Waals surface area contributed by atoms with Crippen molar-refractivity contribution in [3.05, 3.63) is 23.1 Å². The van der Waals surface area contributed by atoms with E-state index in [0.717, 1.165) is 56.6 Å². The summed E-state index contributed by atoms with van der Waals surface area (Å²) < 4.78 is 5.07. The van der Waals surface area contributed by atoms with E-state index in [4.69, 9.17) is 10.3 Å². The summed E-state index contributed by atoms with van der Waals surface area (Å²) in [7, 11) is 0. The maximum atomic E-state index is 11.6. The third kappa shape index (κ3) is 4.43. The van der Waals surface area contributed by atoms with Crippen LogP contribution in [0.3, 0.4) is 0 Å². The van der Waals surface area contributed by atoms with Gasteiger partial charge in [0, 0.05) is 19.2 Å². The summed E-state index contributed by atoms with van der Waals surface area (Å²) in [6, 6.07) is 1.83. The van der Waals surface area contributed by atoms with Crippen LogP contribution in [0, 0.1) is 6.92 Å². The van der Waals surface area contributed by atoms with Gasteiger partial charge in [-0.15, -0.1) is 0 Å². The summed E-state index contributed by atoms with van der Waals surface area (Å²) in [6.07, 6.45) is 7.02. The molecule has 0 saturated carbocycles. The van der Waals surface area contributed by atoms with Crippen molar-refractivity contribution in [3.63, 3.8) is 0 Å². The second kappa shape index (κ2) is 7.41. The first kappa shape index (κ1) is 15.8. The Balaban J connectivity index is 1.92. The van der Waals surface area contributed by atoms with E-state index in [0.29, 0.717) is 0 Å². The minimum absolute atomic E-state index is 0.110. The Kier molecular flexibility index (Phi) is 5.56. The molecule has 1 aromatic heterocycles. The van der Waals surface area contributed by atoms with Crippen LogP contribution in [0.25, 0.3) is 6.08 Å². The third-order valence-electron chi connectivity index (χ3n) is 4.04. The van der Waals surface area contributed by atoms with Gasteiger partial charge in [0.05, 0.1) is 6.04 Å². The molecule has 2 rings (SSSR count). The summed E-state index contributed by atoms with van der Waals surface area (Å²) >= 11 is 0. The Bertz CT molecular complexity index is 497. The van der Waals surface area contributed by atoms with Gasteiger partial charge in [0.25, 0.3) is 0 Å². The molecule has 1 aliphatic heterocycles. The average molecular weight is 291 g/mol. The summed E-state index contributed by atoms with van der Waals surface area (Å²) in [6.45, 7) is 5.80. The number of likely N-dealkylation sites (tertiary alicyclic amines) is 1. The Morgan fingerprint density at radius 2 is 2.24 bits per heavy atom. The van der Waals surface area contributed by atoms with Crippen LogP contribution in [0.2, 0.25) is 0 Å². The molecule has 2 heterocycles. The molecule has 1 amide bonds. The number of aryl methyl sites for hydroxylation is 1. The molecule has 2 N–H and O–H groups in total. The van der Waals surface area contributed by atoms with Crippen LogP contribution in [0.5, 0.6) is 0 Å². The summed E-state index contributed by atoms with van der Waals surface area (Å²) in [5.41, 5.74) is 7.79. The quantitative estimate of drug-likeness (QED) is 0.874. The molecule has 1 aromatic rings. The third-order valence-corrected chi connectivity index (χ3v) is 4.04. The van der Waals surface area contributed by atoms with Gasteiger partial charge in [-0.1, -0.05) is 30.5 Å². The van der Waals surface area contributed by atoms with Crippen molar-refractivity contribution in [2.24, 2.45) is 5.73 Å². The van der Waals surface area contributed by atoms with Gasteiger partial charge in [-0.25, -0.2) is 0 Å². The van der Waals surface area contributed by atoms with Crippen molar-refractivity contribution in [3.8, 4) is 0 Å². The van der Waals surface area contributed by atoms with Crippen LogP contribution >= 0.6 is 0 Å². The van der Waals surface area contributed by atoms with Crippen molar-refractivity contribution < 1.29 is 9.32 Å². The fraction of sp³-hybridized carbons (Fsp3) is 0.625. The van der Waals surface area contributed by atoms with Crippen molar-refractivity contribution >= 4 is 12.0 Å². The van der Waals surface area contributed by atoms with E-state index in [9.17, 15) is 4.79 Å². The summed E-state index contributed by atoms with van der Waals surface area (Å²) in [5.74, 6) is 0.635. The van der Waals surface area contributed by atoms with Crippen LogP contribution in [0.1, 0.15) is 50.5 Å². The van der Waals surface area contributed by atoms with E-state index in [1.807, 2.05) is 13.0 Å². The van der Waals surface area contributed by atoms with Crippen molar-refractivity contribution in [1.82, 2.24) is 10.1 Å². The molecule has 1 aliphatic rings. The number of hydrogen-bond donors (Lipinski definition) is 1. The molecule has 5 heteroatoms. The van der Waals surface area contributed by atoms with Crippen LogP contribution in [-0.4, -0.2) is 35.1 Å². The van der Waals surface area contributed by atoms with E-state index in [-0.39, 0.29) is 11.9 Å². The standard InChI is InChI=1S/C16H25N3O2/c1-3-4-5-15(16(17)20)19-8-6-13(7-9-19)11-14-10-12(2)21-18-14/h10-11,15H,3-9H2,1-2H3,(H2,17,20). The normalized spacial score (nSPS) is 17.7. The predicted molar refractivity (Wildman–Crippen MR) is 82.5 cm³/mol. The molecular weight excluding hydrogens is 266 g/mol. The lowest BCUT2D eigenvalue weighted by atomic mass is 9.99.